The van der Waals surface area contributed by atoms with E-state index in [2.05, 4.69) is 20.2 Å². The van der Waals surface area contributed by atoms with Crippen molar-refractivity contribution in [2.24, 2.45) is 10.9 Å². The molecule has 1 N–H and O–H groups in total. The third-order valence-corrected chi connectivity index (χ3v) is 7.45. The van der Waals surface area contributed by atoms with Crippen LogP contribution in [0.15, 0.2) is 65.8 Å². The van der Waals surface area contributed by atoms with Gasteiger partial charge in [0.2, 0.25) is 0 Å². The van der Waals surface area contributed by atoms with Gasteiger partial charge >= 0.3 is 6.18 Å². The van der Waals surface area contributed by atoms with Gasteiger partial charge in [0, 0.05) is 55.9 Å². The van der Waals surface area contributed by atoms with Crippen molar-refractivity contribution < 1.29 is 22.7 Å². The van der Waals surface area contributed by atoms with Crippen LogP contribution in [0.1, 0.15) is 30.9 Å². The molecule has 0 unspecified atom stereocenters. The second kappa shape index (κ2) is 12.4. The molecule has 0 spiro atoms. The zero-order valence-electron chi connectivity index (χ0n) is 23.2. The van der Waals surface area contributed by atoms with E-state index in [4.69, 9.17) is 4.74 Å². The number of benzene rings is 2. The van der Waals surface area contributed by atoms with Gasteiger partial charge < -0.3 is 15.0 Å². The number of anilines is 1. The van der Waals surface area contributed by atoms with E-state index in [9.17, 15) is 18.0 Å². The summed E-state index contributed by atoms with van der Waals surface area (Å²) in [6.45, 7) is 4.97. The first-order chi connectivity index (χ1) is 19.6. The van der Waals surface area contributed by atoms with Crippen molar-refractivity contribution in [3.63, 3.8) is 0 Å². The molecule has 2 aromatic carbocycles. The van der Waals surface area contributed by atoms with Crippen molar-refractivity contribution in [2.75, 3.05) is 45.2 Å². The lowest BCUT2D eigenvalue weighted by Gasteiger charge is -2.33. The van der Waals surface area contributed by atoms with Crippen LogP contribution >= 0.6 is 0 Å². The normalized spacial score (nSPS) is 17.0. The smallest absolute Gasteiger partial charge is 0.416 e. The summed E-state index contributed by atoms with van der Waals surface area (Å²) in [5.74, 6) is 1.21. The van der Waals surface area contributed by atoms with E-state index in [-0.39, 0.29) is 24.4 Å². The molecule has 1 aliphatic heterocycles. The Kier molecular flexibility index (Phi) is 8.70. The molecule has 1 saturated carbocycles. The highest BCUT2D eigenvalue weighted by atomic mass is 19.4. The average Bonchev–Trinajstić information content (AvgIpc) is 3.80. The van der Waals surface area contributed by atoms with Crippen molar-refractivity contribution in [3.05, 3.63) is 71.9 Å². The first kappa shape index (κ1) is 28.8. The molecule has 41 heavy (non-hydrogen) atoms. The summed E-state index contributed by atoms with van der Waals surface area (Å²) in [4.78, 5) is 25.7. The van der Waals surface area contributed by atoms with Gasteiger partial charge in [-0.05, 0) is 80.3 Å². The molecule has 2 aliphatic rings. The highest BCUT2D eigenvalue weighted by Gasteiger charge is 2.34. The average molecular weight is 566 g/mol. The van der Waals surface area contributed by atoms with Gasteiger partial charge in [-0.15, -0.1) is 0 Å². The fourth-order valence-corrected chi connectivity index (χ4v) is 4.79. The summed E-state index contributed by atoms with van der Waals surface area (Å²) in [7, 11) is 2.00. The Balaban J connectivity index is 1.15. The predicted octanol–water partition coefficient (Wildman–Crippen LogP) is 6.03. The molecule has 1 saturated heterocycles. The summed E-state index contributed by atoms with van der Waals surface area (Å²) in [6.07, 6.45) is -0.354. The van der Waals surface area contributed by atoms with Crippen LogP contribution in [0.25, 0.3) is 11.1 Å². The van der Waals surface area contributed by atoms with Crippen molar-refractivity contribution in [1.82, 2.24) is 14.8 Å². The molecule has 216 valence electrons. The standard InChI is InChI=1S/C31H34F3N5O2/c1-21(22-3-4-22)36-29-12-8-24(18-35-29)23-6-10-27(11-7-23)41-20-30(40)37-26-9-5-25(28(17-26)31(32,33)34)19-39-15-13-38(2)14-16-39/h5-12,17-18,22H,3-4,13-16,19-20H2,1-2H3,(H,37,40). The fourth-order valence-electron chi connectivity index (χ4n) is 4.79. The van der Waals surface area contributed by atoms with Crippen LogP contribution in [0.4, 0.5) is 24.7 Å². The van der Waals surface area contributed by atoms with Gasteiger partial charge in [-0.3, -0.25) is 9.69 Å². The number of carbonyl (C=O) groups is 1. The summed E-state index contributed by atoms with van der Waals surface area (Å²) >= 11 is 0. The van der Waals surface area contributed by atoms with Crippen molar-refractivity contribution in [3.8, 4) is 16.9 Å². The van der Waals surface area contributed by atoms with Crippen LogP contribution in [0.2, 0.25) is 0 Å². The van der Waals surface area contributed by atoms with Crippen molar-refractivity contribution in [1.29, 1.82) is 0 Å². The first-order valence-corrected chi connectivity index (χ1v) is 13.8. The van der Waals surface area contributed by atoms with E-state index in [1.807, 2.05) is 43.1 Å². The summed E-state index contributed by atoms with van der Waals surface area (Å²) < 4.78 is 47.1. The number of alkyl halides is 3. The second-order valence-corrected chi connectivity index (χ2v) is 10.7. The van der Waals surface area contributed by atoms with Crippen LogP contribution in [0.3, 0.4) is 0 Å². The zero-order valence-corrected chi connectivity index (χ0v) is 23.2. The zero-order chi connectivity index (χ0) is 29.0. The summed E-state index contributed by atoms with van der Waals surface area (Å²) in [6, 6.07) is 15.0. The number of hydrogen-bond acceptors (Lipinski definition) is 6. The molecule has 10 heteroatoms. The predicted molar refractivity (Wildman–Crippen MR) is 154 cm³/mol. The minimum atomic E-state index is -4.53. The number of hydrogen-bond donors (Lipinski definition) is 1. The quantitative estimate of drug-likeness (QED) is 0.321. The molecule has 1 amide bonds. The van der Waals surface area contributed by atoms with Gasteiger partial charge in [-0.25, -0.2) is 9.98 Å². The molecule has 0 atom stereocenters. The number of piperazine rings is 1. The van der Waals surface area contributed by atoms with Crippen LogP contribution in [-0.4, -0.2) is 66.2 Å². The van der Waals surface area contributed by atoms with Gasteiger partial charge in [0.25, 0.3) is 5.91 Å². The van der Waals surface area contributed by atoms with Crippen molar-refractivity contribution >= 4 is 23.1 Å². The number of pyridine rings is 1. The fraction of sp³-hybridized carbons (Fsp3) is 0.387. The van der Waals surface area contributed by atoms with Gasteiger partial charge in [0.15, 0.2) is 12.4 Å². The number of aromatic nitrogens is 1. The van der Waals surface area contributed by atoms with Gasteiger partial charge in [-0.1, -0.05) is 18.2 Å². The van der Waals surface area contributed by atoms with E-state index in [0.717, 1.165) is 36.0 Å². The minimum absolute atomic E-state index is 0.0796. The van der Waals surface area contributed by atoms with E-state index in [1.54, 1.807) is 18.3 Å². The number of nitrogens with one attached hydrogen (secondary N) is 1. The molecule has 1 aliphatic carbocycles. The molecule has 0 bridgehead atoms. The molecule has 3 aromatic rings. The molecular formula is C31H34F3N5O2. The molecule has 1 aromatic heterocycles. The van der Waals surface area contributed by atoms with Gasteiger partial charge in [0.05, 0.1) is 5.56 Å². The minimum Gasteiger partial charge on any atom is -0.484 e. The van der Waals surface area contributed by atoms with E-state index < -0.39 is 17.6 Å². The maximum Gasteiger partial charge on any atom is 0.416 e. The third-order valence-electron chi connectivity index (χ3n) is 7.45. The Morgan fingerprint density at radius 3 is 2.37 bits per heavy atom. The number of amides is 1. The number of nitrogens with zero attached hydrogens (tertiary/aromatic N) is 4. The molecule has 2 heterocycles. The van der Waals surface area contributed by atoms with Crippen molar-refractivity contribution in [2.45, 2.75) is 32.5 Å². The number of ether oxygens (including phenoxy) is 1. The number of carbonyl (C=O) groups excluding carboxylic acids is 1. The topological polar surface area (TPSA) is 70.1 Å². The maximum absolute atomic E-state index is 13.8. The Labute approximate surface area is 238 Å². The molecule has 2 fully saturated rings. The second-order valence-electron chi connectivity index (χ2n) is 10.7. The Hall–Kier alpha value is -3.76. The molecule has 7 nitrogen and oxygen atoms in total. The van der Waals surface area contributed by atoms with E-state index in [0.29, 0.717) is 30.6 Å². The Morgan fingerprint density at radius 2 is 1.73 bits per heavy atom. The molecule has 5 rings (SSSR count). The number of halogens is 3. The lowest BCUT2D eigenvalue weighted by atomic mass is 10.0. The van der Waals surface area contributed by atoms with Crippen LogP contribution in [0, 0.1) is 5.92 Å². The van der Waals surface area contributed by atoms with Crippen LogP contribution in [0.5, 0.6) is 5.75 Å². The van der Waals surface area contributed by atoms with E-state index in [1.165, 1.54) is 25.0 Å². The van der Waals surface area contributed by atoms with Gasteiger partial charge in [-0.2, -0.15) is 13.2 Å². The number of likely N-dealkylation sites (N-methyl/N-ethyl adjacent to an activating group) is 1. The van der Waals surface area contributed by atoms with Crippen LogP contribution < -0.4 is 10.1 Å². The third kappa shape index (κ3) is 7.92. The van der Waals surface area contributed by atoms with E-state index >= 15 is 0 Å². The lowest BCUT2D eigenvalue weighted by molar-refractivity contribution is -0.138. The Morgan fingerprint density at radius 1 is 1.02 bits per heavy atom. The SMILES string of the molecule is CC(=Nc1ccc(-c2ccc(OCC(=O)Nc3ccc(CN4CCN(C)CC4)c(C(F)(F)F)c3)cc2)cn1)C1CC1. The largest absolute Gasteiger partial charge is 0.484 e. The van der Waals surface area contributed by atoms with Crippen LogP contribution in [-0.2, 0) is 17.5 Å². The highest BCUT2D eigenvalue weighted by Crippen LogP contribution is 2.35. The number of rotatable bonds is 9. The van der Waals surface area contributed by atoms with Gasteiger partial charge in [0.1, 0.15) is 5.75 Å². The number of aliphatic imine (C=N–C) groups is 1. The lowest BCUT2D eigenvalue weighted by Crippen LogP contribution is -2.44. The first-order valence-electron chi connectivity index (χ1n) is 13.8. The Bertz CT molecular complexity index is 1380. The summed E-state index contributed by atoms with van der Waals surface area (Å²) in [5, 5.41) is 2.52. The maximum atomic E-state index is 13.8. The monoisotopic (exact) mass is 565 g/mol. The summed E-state index contributed by atoms with van der Waals surface area (Å²) in [5.41, 5.74) is 2.51. The molecular weight excluding hydrogens is 531 g/mol. The highest BCUT2D eigenvalue weighted by molar-refractivity contribution is 5.92. The molecule has 0 radical (unpaired) electrons.